The van der Waals surface area contributed by atoms with E-state index in [0.29, 0.717) is 5.54 Å². The average molecular weight is 323 g/mol. The van der Waals surface area contributed by atoms with Gasteiger partial charge in [0.15, 0.2) is 0 Å². The largest absolute Gasteiger partial charge is 0.310 e. The Labute approximate surface area is 124 Å². The highest BCUT2D eigenvalue weighted by molar-refractivity contribution is 9.10. The monoisotopic (exact) mass is 322 g/mol. The van der Waals surface area contributed by atoms with Gasteiger partial charge in [0.25, 0.3) is 0 Å². The molecular formula is C16H23BrN2. The van der Waals surface area contributed by atoms with Gasteiger partial charge >= 0.3 is 0 Å². The minimum absolute atomic E-state index is 0.331. The first kappa shape index (κ1) is 13.6. The highest BCUT2D eigenvalue weighted by Crippen LogP contribution is 2.40. The molecule has 1 saturated carbocycles. The molecule has 2 nitrogen and oxygen atoms in total. The summed E-state index contributed by atoms with van der Waals surface area (Å²) in [5.41, 5.74) is 1.74. The molecule has 1 N–H and O–H groups in total. The Kier molecular flexibility index (Phi) is 3.97. The van der Waals surface area contributed by atoms with Crippen LogP contribution < -0.4 is 5.32 Å². The molecule has 1 aromatic carbocycles. The van der Waals surface area contributed by atoms with Crippen LogP contribution in [-0.2, 0) is 6.54 Å². The molecule has 1 aliphatic heterocycles. The van der Waals surface area contributed by atoms with E-state index in [0.717, 1.165) is 12.5 Å². The maximum Gasteiger partial charge on any atom is 0.0308 e. The highest BCUT2D eigenvalue weighted by atomic mass is 79.9. The van der Waals surface area contributed by atoms with Crippen LogP contribution in [0.25, 0.3) is 0 Å². The molecule has 2 fully saturated rings. The summed E-state index contributed by atoms with van der Waals surface area (Å²) in [6, 6.07) is 8.60. The number of nitrogens with zero attached hydrogens (tertiary/aromatic N) is 1. The summed E-state index contributed by atoms with van der Waals surface area (Å²) in [4.78, 5) is 2.62. The van der Waals surface area contributed by atoms with Crippen LogP contribution in [0.4, 0.5) is 0 Å². The smallest absolute Gasteiger partial charge is 0.0308 e. The summed E-state index contributed by atoms with van der Waals surface area (Å²) in [6.07, 6.45) is 4.07. The molecule has 0 aromatic heterocycles. The molecule has 1 aromatic rings. The van der Waals surface area contributed by atoms with Gasteiger partial charge in [0.05, 0.1) is 0 Å². The van der Waals surface area contributed by atoms with Crippen molar-refractivity contribution in [1.29, 1.82) is 0 Å². The van der Waals surface area contributed by atoms with Gasteiger partial charge in [-0.15, -0.1) is 0 Å². The van der Waals surface area contributed by atoms with Gasteiger partial charge in [-0.2, -0.15) is 0 Å². The maximum absolute atomic E-state index is 3.80. The number of benzene rings is 1. The summed E-state index contributed by atoms with van der Waals surface area (Å²) in [6.45, 7) is 7.03. The van der Waals surface area contributed by atoms with Crippen molar-refractivity contribution in [3.8, 4) is 0 Å². The van der Waals surface area contributed by atoms with Gasteiger partial charge in [-0.1, -0.05) is 34.1 Å². The lowest BCUT2D eigenvalue weighted by Gasteiger charge is -2.34. The highest BCUT2D eigenvalue weighted by Gasteiger charge is 2.42. The van der Waals surface area contributed by atoms with Crippen molar-refractivity contribution < 1.29 is 0 Å². The fourth-order valence-electron chi connectivity index (χ4n) is 3.27. The van der Waals surface area contributed by atoms with Crippen molar-refractivity contribution in [2.45, 2.75) is 38.3 Å². The van der Waals surface area contributed by atoms with Gasteiger partial charge < -0.3 is 5.32 Å². The van der Waals surface area contributed by atoms with Crippen LogP contribution in [0.5, 0.6) is 0 Å². The minimum atomic E-state index is 0.331. The molecular weight excluding hydrogens is 300 g/mol. The predicted molar refractivity (Wildman–Crippen MR) is 83.2 cm³/mol. The standard InChI is InChI=1S/C16H23BrN2/c1-16(14-7-8-14)12-19(10-4-9-18-16)11-13-5-2-3-6-15(13)17/h2-3,5-6,14,18H,4,7-12H2,1H3. The molecule has 104 valence electrons. The second-order valence-electron chi connectivity index (χ2n) is 6.27. The zero-order valence-corrected chi connectivity index (χ0v) is 13.2. The van der Waals surface area contributed by atoms with Crippen LogP contribution >= 0.6 is 15.9 Å². The molecule has 1 saturated heterocycles. The number of halogens is 1. The predicted octanol–water partition coefficient (Wildman–Crippen LogP) is 3.41. The molecule has 1 unspecified atom stereocenters. The van der Waals surface area contributed by atoms with Crippen molar-refractivity contribution >= 4 is 15.9 Å². The van der Waals surface area contributed by atoms with Crippen molar-refractivity contribution in [3.63, 3.8) is 0 Å². The van der Waals surface area contributed by atoms with Crippen molar-refractivity contribution in [2.24, 2.45) is 5.92 Å². The van der Waals surface area contributed by atoms with Gasteiger partial charge in [0.2, 0.25) is 0 Å². The van der Waals surface area contributed by atoms with E-state index in [1.54, 1.807) is 0 Å². The molecule has 3 rings (SSSR count). The van der Waals surface area contributed by atoms with Crippen molar-refractivity contribution in [3.05, 3.63) is 34.3 Å². The molecule has 0 spiro atoms. The Hall–Kier alpha value is -0.380. The van der Waals surface area contributed by atoms with Gasteiger partial charge in [-0.25, -0.2) is 0 Å². The topological polar surface area (TPSA) is 15.3 Å². The first-order valence-corrected chi connectivity index (χ1v) is 8.17. The van der Waals surface area contributed by atoms with Gasteiger partial charge in [-0.05, 0) is 56.8 Å². The van der Waals surface area contributed by atoms with Crippen LogP contribution in [-0.4, -0.2) is 30.1 Å². The lowest BCUT2D eigenvalue weighted by Crippen LogP contribution is -2.50. The van der Waals surface area contributed by atoms with E-state index in [9.17, 15) is 0 Å². The van der Waals surface area contributed by atoms with E-state index in [4.69, 9.17) is 0 Å². The average Bonchev–Trinajstić information content (AvgIpc) is 3.20. The summed E-state index contributed by atoms with van der Waals surface area (Å²) in [7, 11) is 0. The normalized spacial score (nSPS) is 29.2. The van der Waals surface area contributed by atoms with E-state index in [1.165, 1.54) is 48.9 Å². The van der Waals surface area contributed by atoms with Crippen molar-refractivity contribution in [1.82, 2.24) is 10.2 Å². The third-order valence-corrected chi connectivity index (χ3v) is 5.34. The van der Waals surface area contributed by atoms with Gasteiger partial charge in [-0.3, -0.25) is 4.90 Å². The lowest BCUT2D eigenvalue weighted by atomic mass is 9.95. The second kappa shape index (κ2) is 5.55. The first-order chi connectivity index (χ1) is 9.17. The maximum atomic E-state index is 3.80. The lowest BCUT2D eigenvalue weighted by molar-refractivity contribution is 0.195. The molecule has 3 heteroatoms. The van der Waals surface area contributed by atoms with E-state index >= 15 is 0 Å². The molecule has 1 heterocycles. The SMILES string of the molecule is CC1(C2CC2)CN(Cc2ccccc2Br)CCCN1. The quantitative estimate of drug-likeness (QED) is 0.917. The van der Waals surface area contributed by atoms with Gasteiger partial charge in [0.1, 0.15) is 0 Å². The van der Waals surface area contributed by atoms with Crippen LogP contribution in [0.1, 0.15) is 31.7 Å². The fourth-order valence-corrected chi connectivity index (χ4v) is 3.68. The van der Waals surface area contributed by atoms with Crippen LogP contribution in [0, 0.1) is 5.92 Å². The van der Waals surface area contributed by atoms with Crippen LogP contribution in [0.15, 0.2) is 28.7 Å². The molecule has 0 radical (unpaired) electrons. The Morgan fingerprint density at radius 2 is 2.16 bits per heavy atom. The third kappa shape index (κ3) is 3.21. The van der Waals surface area contributed by atoms with Crippen molar-refractivity contribution in [2.75, 3.05) is 19.6 Å². The molecule has 2 aliphatic rings. The summed E-state index contributed by atoms with van der Waals surface area (Å²) < 4.78 is 1.24. The minimum Gasteiger partial charge on any atom is -0.310 e. The van der Waals surface area contributed by atoms with E-state index in [2.05, 4.69) is 57.3 Å². The van der Waals surface area contributed by atoms with Gasteiger partial charge in [0, 0.05) is 23.1 Å². The Morgan fingerprint density at radius 3 is 2.89 bits per heavy atom. The molecule has 0 bridgehead atoms. The molecule has 0 amide bonds. The molecule has 19 heavy (non-hydrogen) atoms. The zero-order valence-electron chi connectivity index (χ0n) is 11.7. The summed E-state index contributed by atoms with van der Waals surface area (Å²) >= 11 is 3.67. The number of hydrogen-bond donors (Lipinski definition) is 1. The van der Waals surface area contributed by atoms with E-state index in [-0.39, 0.29) is 0 Å². The Bertz CT molecular complexity index is 444. The summed E-state index contributed by atoms with van der Waals surface area (Å²) in [5.74, 6) is 0.896. The zero-order chi connectivity index (χ0) is 13.3. The second-order valence-corrected chi connectivity index (χ2v) is 7.13. The Balaban J connectivity index is 1.71. The fraction of sp³-hybridized carbons (Fsp3) is 0.625. The van der Waals surface area contributed by atoms with Crippen LogP contribution in [0.3, 0.4) is 0 Å². The van der Waals surface area contributed by atoms with E-state index < -0.39 is 0 Å². The first-order valence-electron chi connectivity index (χ1n) is 7.38. The number of hydrogen-bond acceptors (Lipinski definition) is 2. The molecule has 1 atom stereocenters. The third-order valence-electron chi connectivity index (χ3n) is 4.56. The number of rotatable bonds is 3. The molecule has 1 aliphatic carbocycles. The number of nitrogens with one attached hydrogen (secondary N) is 1. The van der Waals surface area contributed by atoms with E-state index in [1.807, 2.05) is 0 Å². The Morgan fingerprint density at radius 1 is 1.37 bits per heavy atom. The van der Waals surface area contributed by atoms with Crippen LogP contribution in [0.2, 0.25) is 0 Å². The summed E-state index contributed by atoms with van der Waals surface area (Å²) in [5, 5.41) is 3.80.